The van der Waals surface area contributed by atoms with Crippen LogP contribution >= 0.6 is 0 Å². The molecule has 3 N–H and O–H groups in total. The van der Waals surface area contributed by atoms with Crippen molar-refractivity contribution in [2.24, 2.45) is 4.99 Å². The van der Waals surface area contributed by atoms with E-state index in [1.165, 1.54) is 11.1 Å². The van der Waals surface area contributed by atoms with E-state index in [2.05, 4.69) is 58.5 Å². The van der Waals surface area contributed by atoms with Gasteiger partial charge in [-0.25, -0.2) is 13.1 Å². The van der Waals surface area contributed by atoms with Gasteiger partial charge >= 0.3 is 0 Å². The molecule has 0 unspecified atom stereocenters. The van der Waals surface area contributed by atoms with Crippen molar-refractivity contribution >= 4 is 16.0 Å². The molecule has 0 saturated carbocycles. The van der Waals surface area contributed by atoms with E-state index in [1.54, 1.807) is 14.0 Å². The molecule has 1 aromatic carbocycles. The first-order valence-electron chi connectivity index (χ1n) is 9.38. The summed E-state index contributed by atoms with van der Waals surface area (Å²) in [6.45, 7) is 7.99. The third-order valence-corrected chi connectivity index (χ3v) is 5.56. The van der Waals surface area contributed by atoms with Gasteiger partial charge in [0.15, 0.2) is 5.96 Å². The lowest BCUT2D eigenvalue weighted by atomic mass is 10.0. The van der Waals surface area contributed by atoms with Crippen LogP contribution < -0.4 is 15.4 Å². The molecule has 0 atom stereocenters. The standard InChI is InChI=1S/C19H34N4O2S/c1-5-26(24,25)23-15-7-14-22-19(20-4)21-13-6-8-17-9-11-18(12-10-17)16(2)3/h9-12,16,23H,5-8,13-15H2,1-4H3,(H2,20,21,22). The molecule has 0 saturated heterocycles. The van der Waals surface area contributed by atoms with Crippen molar-refractivity contribution < 1.29 is 8.42 Å². The van der Waals surface area contributed by atoms with E-state index in [-0.39, 0.29) is 5.75 Å². The second-order valence-electron chi connectivity index (χ2n) is 6.58. The van der Waals surface area contributed by atoms with Crippen LogP contribution in [0.2, 0.25) is 0 Å². The normalized spacial score (nSPS) is 12.4. The van der Waals surface area contributed by atoms with Gasteiger partial charge in [-0.2, -0.15) is 0 Å². The van der Waals surface area contributed by atoms with E-state index in [0.717, 1.165) is 25.3 Å². The Bertz CT molecular complexity index is 640. The first-order valence-corrected chi connectivity index (χ1v) is 11.0. The Morgan fingerprint density at radius 2 is 1.65 bits per heavy atom. The van der Waals surface area contributed by atoms with Crippen LogP contribution in [0.1, 0.15) is 50.7 Å². The Balaban J connectivity index is 2.18. The number of hydrogen-bond donors (Lipinski definition) is 3. The van der Waals surface area contributed by atoms with Gasteiger partial charge < -0.3 is 10.6 Å². The second-order valence-corrected chi connectivity index (χ2v) is 8.67. The lowest BCUT2D eigenvalue weighted by molar-refractivity contribution is 0.579. The molecular weight excluding hydrogens is 348 g/mol. The summed E-state index contributed by atoms with van der Waals surface area (Å²) in [5, 5.41) is 6.48. The maximum atomic E-state index is 11.3. The number of aryl methyl sites for hydroxylation is 1. The highest BCUT2D eigenvalue weighted by molar-refractivity contribution is 7.89. The van der Waals surface area contributed by atoms with Crippen molar-refractivity contribution in [3.63, 3.8) is 0 Å². The molecule has 0 bridgehead atoms. The zero-order valence-corrected chi connectivity index (χ0v) is 17.3. The highest BCUT2D eigenvalue weighted by Gasteiger charge is 2.04. The van der Waals surface area contributed by atoms with Crippen LogP contribution in [0.25, 0.3) is 0 Å². The van der Waals surface area contributed by atoms with Crippen LogP contribution in [0.4, 0.5) is 0 Å². The van der Waals surface area contributed by atoms with Crippen LogP contribution in [0.5, 0.6) is 0 Å². The van der Waals surface area contributed by atoms with Gasteiger partial charge in [0.25, 0.3) is 0 Å². The van der Waals surface area contributed by atoms with Crippen molar-refractivity contribution in [3.05, 3.63) is 35.4 Å². The fraction of sp³-hybridized carbons (Fsp3) is 0.632. The van der Waals surface area contributed by atoms with Crippen molar-refractivity contribution in [1.82, 2.24) is 15.4 Å². The maximum Gasteiger partial charge on any atom is 0.211 e. The predicted octanol–water partition coefficient (Wildman–Crippen LogP) is 2.24. The summed E-state index contributed by atoms with van der Waals surface area (Å²) in [6.07, 6.45) is 2.77. The molecule has 0 fully saturated rings. The molecule has 148 valence electrons. The van der Waals surface area contributed by atoms with Gasteiger partial charge in [0.1, 0.15) is 0 Å². The van der Waals surface area contributed by atoms with Crippen LogP contribution in [0, 0.1) is 0 Å². The molecule has 0 aromatic heterocycles. The first-order chi connectivity index (χ1) is 12.4. The molecule has 0 aliphatic carbocycles. The van der Waals surface area contributed by atoms with Gasteiger partial charge in [-0.15, -0.1) is 0 Å². The summed E-state index contributed by atoms with van der Waals surface area (Å²) in [4.78, 5) is 4.18. The van der Waals surface area contributed by atoms with Gasteiger partial charge in [-0.05, 0) is 43.2 Å². The van der Waals surface area contributed by atoms with E-state index in [9.17, 15) is 8.42 Å². The highest BCUT2D eigenvalue weighted by atomic mass is 32.2. The van der Waals surface area contributed by atoms with Crippen LogP contribution in [-0.2, 0) is 16.4 Å². The molecule has 26 heavy (non-hydrogen) atoms. The maximum absolute atomic E-state index is 11.3. The Morgan fingerprint density at radius 3 is 2.19 bits per heavy atom. The molecule has 0 radical (unpaired) electrons. The highest BCUT2D eigenvalue weighted by Crippen LogP contribution is 2.15. The number of aliphatic imine (C=N–C) groups is 1. The molecule has 0 aliphatic rings. The Kier molecular flexibility index (Phi) is 10.3. The Morgan fingerprint density at radius 1 is 1.04 bits per heavy atom. The van der Waals surface area contributed by atoms with E-state index in [4.69, 9.17) is 0 Å². The minimum atomic E-state index is -3.10. The third kappa shape index (κ3) is 9.20. The molecule has 0 heterocycles. The molecular formula is C19H34N4O2S. The molecule has 0 aliphatic heterocycles. The molecule has 0 amide bonds. The summed E-state index contributed by atoms with van der Waals surface area (Å²) >= 11 is 0. The summed E-state index contributed by atoms with van der Waals surface area (Å²) in [5.41, 5.74) is 2.72. The average Bonchev–Trinajstić information content (AvgIpc) is 2.63. The van der Waals surface area contributed by atoms with Gasteiger partial charge in [-0.1, -0.05) is 38.1 Å². The van der Waals surface area contributed by atoms with Crippen molar-refractivity contribution in [2.75, 3.05) is 32.4 Å². The first kappa shape index (κ1) is 22.4. The summed E-state index contributed by atoms with van der Waals surface area (Å²) in [7, 11) is -1.37. The number of nitrogens with zero attached hydrogens (tertiary/aromatic N) is 1. The number of nitrogens with one attached hydrogen (secondary N) is 3. The number of sulfonamides is 1. The quantitative estimate of drug-likeness (QED) is 0.311. The Hall–Kier alpha value is -1.60. The average molecular weight is 383 g/mol. The number of hydrogen-bond acceptors (Lipinski definition) is 3. The summed E-state index contributed by atoms with van der Waals surface area (Å²) in [5.74, 6) is 1.43. The fourth-order valence-corrected chi connectivity index (χ4v) is 3.07. The van der Waals surface area contributed by atoms with E-state index >= 15 is 0 Å². The zero-order valence-electron chi connectivity index (χ0n) is 16.5. The van der Waals surface area contributed by atoms with Crippen molar-refractivity contribution in [2.45, 2.75) is 46.0 Å². The largest absolute Gasteiger partial charge is 0.356 e. The lowest BCUT2D eigenvalue weighted by Gasteiger charge is -2.12. The van der Waals surface area contributed by atoms with Gasteiger partial charge in [0.05, 0.1) is 5.75 Å². The summed E-state index contributed by atoms with van der Waals surface area (Å²) < 4.78 is 25.2. The molecule has 1 aromatic rings. The number of rotatable bonds is 11. The second kappa shape index (κ2) is 11.9. The van der Waals surface area contributed by atoms with Crippen molar-refractivity contribution in [1.29, 1.82) is 0 Å². The van der Waals surface area contributed by atoms with Gasteiger partial charge in [0, 0.05) is 26.7 Å². The van der Waals surface area contributed by atoms with E-state index < -0.39 is 10.0 Å². The SMILES string of the molecule is CCS(=O)(=O)NCCCNC(=NC)NCCCc1ccc(C(C)C)cc1. The summed E-state index contributed by atoms with van der Waals surface area (Å²) in [6, 6.07) is 8.83. The smallest absolute Gasteiger partial charge is 0.211 e. The number of guanidine groups is 1. The van der Waals surface area contributed by atoms with Gasteiger partial charge in [0.2, 0.25) is 10.0 Å². The lowest BCUT2D eigenvalue weighted by Crippen LogP contribution is -2.39. The molecule has 6 nitrogen and oxygen atoms in total. The minimum absolute atomic E-state index is 0.115. The van der Waals surface area contributed by atoms with Crippen molar-refractivity contribution in [3.8, 4) is 0 Å². The van der Waals surface area contributed by atoms with E-state index in [1.807, 2.05) is 0 Å². The van der Waals surface area contributed by atoms with E-state index in [0.29, 0.717) is 25.4 Å². The molecule has 7 heteroatoms. The predicted molar refractivity (Wildman–Crippen MR) is 110 cm³/mol. The molecule has 0 spiro atoms. The topological polar surface area (TPSA) is 82.6 Å². The van der Waals surface area contributed by atoms with Crippen LogP contribution in [-0.4, -0.2) is 46.8 Å². The molecule has 1 rings (SSSR count). The third-order valence-electron chi connectivity index (χ3n) is 4.15. The van der Waals surface area contributed by atoms with Gasteiger partial charge in [-0.3, -0.25) is 4.99 Å². The zero-order chi connectivity index (χ0) is 19.4. The number of benzene rings is 1. The fourth-order valence-electron chi connectivity index (χ4n) is 2.41. The van der Waals surface area contributed by atoms with Crippen LogP contribution in [0.15, 0.2) is 29.3 Å². The minimum Gasteiger partial charge on any atom is -0.356 e. The van der Waals surface area contributed by atoms with Crippen LogP contribution in [0.3, 0.4) is 0 Å². The Labute approximate surface area is 158 Å². The monoisotopic (exact) mass is 382 g/mol.